The Hall–Kier alpha value is -1.75. The van der Waals surface area contributed by atoms with E-state index in [2.05, 4.69) is 0 Å². The fraction of sp³-hybridized carbons (Fsp3) is 0.278. The fourth-order valence-electron chi connectivity index (χ4n) is 2.75. The lowest BCUT2D eigenvalue weighted by molar-refractivity contribution is -0.119. The molecule has 1 atom stereocenters. The number of benzene rings is 2. The number of para-hydroxylation sites is 1. The van der Waals surface area contributed by atoms with Gasteiger partial charge in [0.15, 0.2) is 5.75 Å². The minimum absolute atomic E-state index is 0. The van der Waals surface area contributed by atoms with Crippen molar-refractivity contribution < 1.29 is 9.53 Å². The number of nitrogens with two attached hydrogens (primary N) is 1. The van der Waals surface area contributed by atoms with Gasteiger partial charge in [-0.05, 0) is 24.1 Å². The van der Waals surface area contributed by atoms with Crippen molar-refractivity contribution in [2.24, 2.45) is 5.73 Å². The molecule has 1 aliphatic heterocycles. The van der Waals surface area contributed by atoms with Gasteiger partial charge in [0.1, 0.15) is 0 Å². The Morgan fingerprint density at radius 2 is 1.96 bits per heavy atom. The molecule has 2 aromatic carbocycles. The van der Waals surface area contributed by atoms with Crippen molar-refractivity contribution in [2.75, 3.05) is 18.1 Å². The Kier molecular flexibility index (Phi) is 6.49. The van der Waals surface area contributed by atoms with Crippen LogP contribution in [0.2, 0.25) is 5.02 Å². The highest BCUT2D eigenvalue weighted by Crippen LogP contribution is 2.37. The van der Waals surface area contributed by atoms with Gasteiger partial charge in [0.2, 0.25) is 5.91 Å². The van der Waals surface area contributed by atoms with Gasteiger partial charge in [0.25, 0.3) is 0 Å². The van der Waals surface area contributed by atoms with E-state index in [-0.39, 0.29) is 30.8 Å². The Labute approximate surface area is 153 Å². The topological polar surface area (TPSA) is 55.6 Å². The highest BCUT2D eigenvalue weighted by molar-refractivity contribution is 6.32. The lowest BCUT2D eigenvalue weighted by Gasteiger charge is -2.24. The Bertz CT molecular complexity index is 695. The summed E-state index contributed by atoms with van der Waals surface area (Å²) in [6.45, 7) is 1.15. The standard InChI is InChI=1S/C18H19ClN2O2.ClH/c19-14-8-4-9-16-18(14)23-11-5-10-21(16)17(22)12-15(20)13-6-2-1-3-7-13;/h1-4,6-9,15H,5,10-12,20H2;1H. The molecule has 0 bridgehead atoms. The number of ether oxygens (including phenoxy) is 1. The van der Waals surface area contributed by atoms with Crippen LogP contribution in [0, 0.1) is 0 Å². The third-order valence-corrected chi connectivity index (χ3v) is 4.23. The maximum atomic E-state index is 12.8. The number of amides is 1. The number of nitrogens with zero attached hydrogens (tertiary/aromatic N) is 1. The highest BCUT2D eigenvalue weighted by Gasteiger charge is 2.25. The van der Waals surface area contributed by atoms with Crippen molar-refractivity contribution in [3.05, 3.63) is 59.1 Å². The summed E-state index contributed by atoms with van der Waals surface area (Å²) in [6, 6.07) is 14.8. The van der Waals surface area contributed by atoms with Gasteiger partial charge in [-0.15, -0.1) is 12.4 Å². The molecule has 0 aromatic heterocycles. The lowest BCUT2D eigenvalue weighted by atomic mass is 10.0. The molecule has 24 heavy (non-hydrogen) atoms. The van der Waals surface area contributed by atoms with Crippen LogP contribution in [0.1, 0.15) is 24.4 Å². The average Bonchev–Trinajstić information content (AvgIpc) is 2.79. The Morgan fingerprint density at radius 1 is 1.21 bits per heavy atom. The van der Waals surface area contributed by atoms with Crippen LogP contribution in [-0.2, 0) is 4.79 Å². The number of hydrogen-bond donors (Lipinski definition) is 1. The molecule has 0 radical (unpaired) electrons. The van der Waals surface area contributed by atoms with Gasteiger partial charge in [0, 0.05) is 19.0 Å². The van der Waals surface area contributed by atoms with Crippen LogP contribution in [0.3, 0.4) is 0 Å². The Balaban J connectivity index is 0.00000208. The van der Waals surface area contributed by atoms with Gasteiger partial charge in [-0.2, -0.15) is 0 Å². The molecular weight excluding hydrogens is 347 g/mol. The predicted octanol–water partition coefficient (Wildman–Crippen LogP) is 3.97. The van der Waals surface area contributed by atoms with E-state index < -0.39 is 0 Å². The summed E-state index contributed by atoms with van der Waals surface area (Å²) in [4.78, 5) is 14.5. The number of halogens is 2. The molecule has 2 aromatic rings. The minimum atomic E-state index is -0.324. The molecule has 0 saturated carbocycles. The molecule has 2 N–H and O–H groups in total. The second-order valence-electron chi connectivity index (χ2n) is 5.56. The summed E-state index contributed by atoms with van der Waals surface area (Å²) >= 11 is 6.20. The van der Waals surface area contributed by atoms with E-state index in [0.717, 1.165) is 17.7 Å². The van der Waals surface area contributed by atoms with Gasteiger partial charge < -0.3 is 15.4 Å². The maximum absolute atomic E-state index is 12.8. The SMILES string of the molecule is Cl.NC(CC(=O)N1CCCOc2c(Cl)cccc21)c1ccccc1. The molecule has 1 amide bonds. The van der Waals surface area contributed by atoms with Crippen molar-refractivity contribution in [1.82, 2.24) is 0 Å². The summed E-state index contributed by atoms with van der Waals surface area (Å²) < 4.78 is 5.69. The van der Waals surface area contributed by atoms with Crippen LogP contribution in [0.5, 0.6) is 5.75 Å². The molecule has 1 heterocycles. The quantitative estimate of drug-likeness (QED) is 0.893. The first-order chi connectivity index (χ1) is 11.2. The van der Waals surface area contributed by atoms with Crippen LogP contribution in [0.4, 0.5) is 5.69 Å². The molecule has 1 aliphatic rings. The molecule has 0 saturated heterocycles. The first-order valence-electron chi connectivity index (χ1n) is 7.69. The number of rotatable bonds is 3. The van der Waals surface area contributed by atoms with E-state index in [1.165, 1.54) is 0 Å². The predicted molar refractivity (Wildman–Crippen MR) is 99.2 cm³/mol. The molecule has 128 valence electrons. The van der Waals surface area contributed by atoms with Crippen LogP contribution < -0.4 is 15.4 Å². The van der Waals surface area contributed by atoms with Crippen LogP contribution in [0.25, 0.3) is 0 Å². The van der Waals surface area contributed by atoms with E-state index in [1.807, 2.05) is 42.5 Å². The van der Waals surface area contributed by atoms with Gasteiger partial charge in [-0.25, -0.2) is 0 Å². The summed E-state index contributed by atoms with van der Waals surface area (Å²) in [6.07, 6.45) is 1.01. The average molecular weight is 367 g/mol. The number of carbonyl (C=O) groups is 1. The van der Waals surface area contributed by atoms with E-state index in [1.54, 1.807) is 11.0 Å². The zero-order chi connectivity index (χ0) is 16.2. The molecule has 4 nitrogen and oxygen atoms in total. The maximum Gasteiger partial charge on any atom is 0.229 e. The van der Waals surface area contributed by atoms with E-state index in [4.69, 9.17) is 22.1 Å². The molecule has 3 rings (SSSR count). The second-order valence-corrected chi connectivity index (χ2v) is 5.96. The summed E-state index contributed by atoms with van der Waals surface area (Å²) in [5, 5.41) is 0.523. The van der Waals surface area contributed by atoms with Crippen molar-refractivity contribution in [3.63, 3.8) is 0 Å². The second kappa shape index (κ2) is 8.38. The zero-order valence-corrected chi connectivity index (χ0v) is 14.7. The normalized spacial score (nSPS) is 14.7. The van der Waals surface area contributed by atoms with Crippen molar-refractivity contribution in [2.45, 2.75) is 18.9 Å². The molecule has 1 unspecified atom stereocenters. The number of fused-ring (bicyclic) bond motifs is 1. The van der Waals surface area contributed by atoms with Crippen LogP contribution in [-0.4, -0.2) is 19.1 Å². The number of carbonyl (C=O) groups excluding carboxylic acids is 1. The smallest absolute Gasteiger partial charge is 0.229 e. The van der Waals surface area contributed by atoms with Gasteiger partial charge in [-0.1, -0.05) is 48.0 Å². The molecule has 6 heteroatoms. The van der Waals surface area contributed by atoms with Crippen LogP contribution in [0.15, 0.2) is 48.5 Å². The zero-order valence-electron chi connectivity index (χ0n) is 13.2. The Morgan fingerprint density at radius 3 is 2.71 bits per heavy atom. The number of anilines is 1. The third-order valence-electron chi connectivity index (χ3n) is 3.93. The molecule has 0 spiro atoms. The van der Waals surface area contributed by atoms with Gasteiger partial charge >= 0.3 is 0 Å². The van der Waals surface area contributed by atoms with Crippen molar-refractivity contribution in [3.8, 4) is 5.75 Å². The highest BCUT2D eigenvalue weighted by atomic mass is 35.5. The summed E-state index contributed by atoms with van der Waals surface area (Å²) in [5.41, 5.74) is 7.87. The van der Waals surface area contributed by atoms with E-state index >= 15 is 0 Å². The van der Waals surface area contributed by atoms with Crippen molar-refractivity contribution >= 4 is 35.6 Å². The minimum Gasteiger partial charge on any atom is -0.490 e. The number of hydrogen-bond acceptors (Lipinski definition) is 3. The largest absolute Gasteiger partial charge is 0.490 e. The summed E-state index contributed by atoms with van der Waals surface area (Å²) in [5.74, 6) is 0.559. The molecule has 0 fully saturated rings. The first-order valence-corrected chi connectivity index (χ1v) is 8.07. The van der Waals surface area contributed by atoms with E-state index in [0.29, 0.717) is 23.9 Å². The fourth-order valence-corrected chi connectivity index (χ4v) is 2.97. The lowest BCUT2D eigenvalue weighted by Crippen LogP contribution is -2.33. The molecule has 0 aliphatic carbocycles. The monoisotopic (exact) mass is 366 g/mol. The van der Waals surface area contributed by atoms with Crippen molar-refractivity contribution in [1.29, 1.82) is 0 Å². The van der Waals surface area contributed by atoms with Gasteiger partial charge in [-0.3, -0.25) is 4.79 Å². The summed E-state index contributed by atoms with van der Waals surface area (Å²) in [7, 11) is 0. The third kappa shape index (κ3) is 4.01. The van der Waals surface area contributed by atoms with Gasteiger partial charge in [0.05, 0.1) is 17.3 Å². The van der Waals surface area contributed by atoms with Crippen LogP contribution >= 0.6 is 24.0 Å². The first kappa shape index (κ1) is 18.6. The molecular formula is C18H20Cl2N2O2. The van der Waals surface area contributed by atoms with E-state index in [9.17, 15) is 4.79 Å².